The normalized spacial score (nSPS) is 21.3. The summed E-state index contributed by atoms with van der Waals surface area (Å²) in [4.78, 5) is 19.5. The van der Waals surface area contributed by atoms with Crippen LogP contribution in [0.4, 0.5) is 0 Å². The molecule has 2 aromatic rings. The molecular weight excluding hydrogens is 340 g/mol. The topological polar surface area (TPSA) is 71.1 Å². The number of benzene rings is 1. The summed E-state index contributed by atoms with van der Waals surface area (Å²) in [5.74, 6) is 3.12. The number of aromatic nitrogens is 3. The second-order valence-corrected chi connectivity index (χ2v) is 8.23. The molecule has 6 heteroatoms. The Kier molecular flexibility index (Phi) is 4.89. The van der Waals surface area contributed by atoms with E-state index in [1.807, 2.05) is 35.2 Å². The molecule has 1 aliphatic heterocycles. The van der Waals surface area contributed by atoms with E-state index < -0.39 is 0 Å². The van der Waals surface area contributed by atoms with Crippen LogP contribution in [0.2, 0.25) is 0 Å². The van der Waals surface area contributed by atoms with Crippen LogP contribution < -0.4 is 4.74 Å². The molecule has 1 atom stereocenters. The SMILES string of the molecule is CC(C)c1n[nH]c(C2CN(C(=O)COc3ccccc3)CC23CCCC3)n1. The van der Waals surface area contributed by atoms with Crippen molar-refractivity contribution in [3.63, 3.8) is 0 Å². The van der Waals surface area contributed by atoms with Crippen LogP contribution in [-0.4, -0.2) is 45.7 Å². The number of ether oxygens (including phenoxy) is 1. The van der Waals surface area contributed by atoms with Gasteiger partial charge in [-0.25, -0.2) is 4.98 Å². The molecule has 1 aromatic carbocycles. The van der Waals surface area contributed by atoms with Crippen LogP contribution in [0.5, 0.6) is 5.75 Å². The van der Waals surface area contributed by atoms with Gasteiger partial charge in [0, 0.05) is 24.9 Å². The lowest BCUT2D eigenvalue weighted by Gasteiger charge is -2.28. The monoisotopic (exact) mass is 368 g/mol. The van der Waals surface area contributed by atoms with Gasteiger partial charge in [0.15, 0.2) is 12.4 Å². The standard InChI is InChI=1S/C21H28N4O2/c1-15(2)19-22-20(24-23-19)17-12-25(14-21(17)10-6-7-11-21)18(26)13-27-16-8-4-3-5-9-16/h3-5,8-9,15,17H,6-7,10-14H2,1-2H3,(H,22,23,24). The molecule has 0 radical (unpaired) electrons. The first-order valence-electron chi connectivity index (χ1n) is 9.95. The molecule has 2 heterocycles. The van der Waals surface area contributed by atoms with Crippen molar-refractivity contribution in [2.24, 2.45) is 5.41 Å². The van der Waals surface area contributed by atoms with Crippen molar-refractivity contribution in [1.82, 2.24) is 20.1 Å². The molecule has 1 saturated heterocycles. The van der Waals surface area contributed by atoms with E-state index in [4.69, 9.17) is 9.72 Å². The Morgan fingerprint density at radius 2 is 2.04 bits per heavy atom. The van der Waals surface area contributed by atoms with E-state index in [0.717, 1.165) is 36.8 Å². The molecule has 1 saturated carbocycles. The first kappa shape index (κ1) is 18.0. The van der Waals surface area contributed by atoms with Crippen LogP contribution in [0, 0.1) is 5.41 Å². The van der Waals surface area contributed by atoms with E-state index in [9.17, 15) is 4.79 Å². The quantitative estimate of drug-likeness (QED) is 0.877. The number of amides is 1. The molecule has 2 aliphatic rings. The number of H-pyrrole nitrogens is 1. The van der Waals surface area contributed by atoms with Crippen molar-refractivity contribution in [3.8, 4) is 5.75 Å². The predicted octanol–water partition coefficient (Wildman–Crippen LogP) is 3.49. The smallest absolute Gasteiger partial charge is 0.260 e. The molecule has 1 aromatic heterocycles. The Morgan fingerprint density at radius 3 is 2.70 bits per heavy atom. The highest BCUT2D eigenvalue weighted by Gasteiger charge is 2.51. The maximum absolute atomic E-state index is 12.8. The highest BCUT2D eigenvalue weighted by atomic mass is 16.5. The number of hydrogen-bond donors (Lipinski definition) is 1. The third-order valence-corrected chi connectivity index (χ3v) is 6.07. The van der Waals surface area contributed by atoms with E-state index in [-0.39, 0.29) is 23.8 Å². The van der Waals surface area contributed by atoms with Crippen molar-refractivity contribution in [1.29, 1.82) is 0 Å². The van der Waals surface area contributed by atoms with Crippen molar-refractivity contribution in [2.45, 2.75) is 51.4 Å². The number of hydrogen-bond acceptors (Lipinski definition) is 4. The van der Waals surface area contributed by atoms with Crippen molar-refractivity contribution in [2.75, 3.05) is 19.7 Å². The number of nitrogens with one attached hydrogen (secondary N) is 1. The highest BCUT2D eigenvalue weighted by molar-refractivity contribution is 5.78. The summed E-state index contributed by atoms with van der Waals surface area (Å²) in [5.41, 5.74) is 0.135. The first-order chi connectivity index (χ1) is 13.1. The largest absolute Gasteiger partial charge is 0.484 e. The van der Waals surface area contributed by atoms with E-state index in [1.54, 1.807) is 0 Å². The lowest BCUT2D eigenvalue weighted by atomic mass is 9.76. The maximum Gasteiger partial charge on any atom is 0.260 e. The zero-order chi connectivity index (χ0) is 18.9. The molecule has 1 N–H and O–H groups in total. The van der Waals surface area contributed by atoms with Crippen LogP contribution in [0.25, 0.3) is 0 Å². The molecule has 1 aliphatic carbocycles. The zero-order valence-corrected chi connectivity index (χ0v) is 16.1. The fraction of sp³-hybridized carbons (Fsp3) is 0.571. The average molecular weight is 368 g/mol. The number of aromatic amines is 1. The molecule has 1 spiro atoms. The van der Waals surface area contributed by atoms with E-state index in [0.29, 0.717) is 12.5 Å². The van der Waals surface area contributed by atoms with Gasteiger partial charge < -0.3 is 9.64 Å². The Labute approximate surface area is 160 Å². The lowest BCUT2D eigenvalue weighted by molar-refractivity contribution is -0.132. The molecule has 1 unspecified atom stereocenters. The van der Waals surface area contributed by atoms with Gasteiger partial charge in [-0.15, -0.1) is 0 Å². The van der Waals surface area contributed by atoms with Gasteiger partial charge >= 0.3 is 0 Å². The van der Waals surface area contributed by atoms with Crippen LogP contribution >= 0.6 is 0 Å². The van der Waals surface area contributed by atoms with Gasteiger partial charge in [-0.05, 0) is 30.4 Å². The summed E-state index contributed by atoms with van der Waals surface area (Å²) in [6.45, 7) is 5.78. The number of likely N-dealkylation sites (tertiary alicyclic amines) is 1. The van der Waals surface area contributed by atoms with Crippen LogP contribution in [-0.2, 0) is 4.79 Å². The average Bonchev–Trinajstić information content (AvgIpc) is 3.41. The summed E-state index contributed by atoms with van der Waals surface area (Å²) in [7, 11) is 0. The Bertz CT molecular complexity index is 780. The lowest BCUT2D eigenvalue weighted by Crippen LogP contribution is -2.34. The van der Waals surface area contributed by atoms with Gasteiger partial charge in [0.2, 0.25) is 0 Å². The molecule has 6 nitrogen and oxygen atoms in total. The fourth-order valence-corrected chi connectivity index (χ4v) is 4.58. The second-order valence-electron chi connectivity index (χ2n) is 8.23. The van der Waals surface area contributed by atoms with E-state index >= 15 is 0 Å². The molecule has 144 valence electrons. The van der Waals surface area contributed by atoms with Crippen molar-refractivity contribution in [3.05, 3.63) is 42.0 Å². The first-order valence-corrected chi connectivity index (χ1v) is 9.95. The van der Waals surface area contributed by atoms with Gasteiger partial charge in [0.1, 0.15) is 11.6 Å². The Hall–Kier alpha value is -2.37. The summed E-state index contributed by atoms with van der Waals surface area (Å²) < 4.78 is 5.68. The third kappa shape index (κ3) is 3.57. The van der Waals surface area contributed by atoms with E-state index in [2.05, 4.69) is 24.0 Å². The van der Waals surface area contributed by atoms with Gasteiger partial charge in [-0.3, -0.25) is 9.89 Å². The number of rotatable bonds is 5. The number of nitrogens with zero attached hydrogens (tertiary/aromatic N) is 3. The molecule has 4 rings (SSSR count). The summed E-state index contributed by atoms with van der Waals surface area (Å²) in [6.07, 6.45) is 4.76. The van der Waals surface area contributed by atoms with Gasteiger partial charge in [-0.1, -0.05) is 44.9 Å². The number of carbonyl (C=O) groups excluding carboxylic acids is 1. The molecule has 27 heavy (non-hydrogen) atoms. The van der Waals surface area contributed by atoms with Gasteiger partial charge in [0.25, 0.3) is 5.91 Å². The number of carbonyl (C=O) groups is 1. The third-order valence-electron chi connectivity index (χ3n) is 6.07. The number of para-hydroxylation sites is 1. The van der Waals surface area contributed by atoms with Crippen LogP contribution in [0.1, 0.15) is 63.0 Å². The maximum atomic E-state index is 12.8. The fourth-order valence-electron chi connectivity index (χ4n) is 4.58. The van der Waals surface area contributed by atoms with E-state index in [1.165, 1.54) is 12.8 Å². The van der Waals surface area contributed by atoms with Crippen molar-refractivity contribution >= 4 is 5.91 Å². The minimum absolute atomic E-state index is 0.0521. The summed E-state index contributed by atoms with van der Waals surface area (Å²) in [6, 6.07) is 9.51. The van der Waals surface area contributed by atoms with Crippen molar-refractivity contribution < 1.29 is 9.53 Å². The minimum Gasteiger partial charge on any atom is -0.484 e. The predicted molar refractivity (Wildman–Crippen MR) is 103 cm³/mol. The zero-order valence-electron chi connectivity index (χ0n) is 16.1. The van der Waals surface area contributed by atoms with Gasteiger partial charge in [0.05, 0.1) is 0 Å². The Balaban J connectivity index is 1.48. The van der Waals surface area contributed by atoms with Crippen LogP contribution in [0.15, 0.2) is 30.3 Å². The Morgan fingerprint density at radius 1 is 1.30 bits per heavy atom. The summed E-state index contributed by atoms with van der Waals surface area (Å²) in [5, 5.41) is 7.56. The molecule has 0 bridgehead atoms. The minimum atomic E-state index is 0.0521. The molecule has 1 amide bonds. The van der Waals surface area contributed by atoms with Crippen LogP contribution in [0.3, 0.4) is 0 Å². The summed E-state index contributed by atoms with van der Waals surface area (Å²) >= 11 is 0. The molecule has 2 fully saturated rings. The van der Waals surface area contributed by atoms with Gasteiger partial charge in [-0.2, -0.15) is 5.10 Å². The highest BCUT2D eigenvalue weighted by Crippen LogP contribution is 2.52. The second kappa shape index (κ2) is 7.33. The molecular formula is C21H28N4O2.